The van der Waals surface area contributed by atoms with E-state index in [0.29, 0.717) is 26.3 Å². The maximum absolute atomic E-state index is 12.8. The highest BCUT2D eigenvalue weighted by molar-refractivity contribution is 5.91. The maximum atomic E-state index is 12.8. The van der Waals surface area contributed by atoms with Crippen molar-refractivity contribution < 1.29 is 14.3 Å². The van der Waals surface area contributed by atoms with Gasteiger partial charge in [-0.2, -0.15) is 0 Å². The smallest absolute Gasteiger partial charge is 0.242 e. The number of pyridine rings is 1. The number of aromatic nitrogens is 1. The van der Waals surface area contributed by atoms with Gasteiger partial charge in [-0.05, 0) is 23.8 Å². The number of amides is 2. The number of para-hydroxylation sites is 1. The standard InChI is InChI=1S/C20H24N4O3/c25-18(23-17-6-2-1-3-7-17)8-10-22-20(26)19(16-5-4-9-21-15-16)24-11-13-27-14-12-24/h1-7,9,15,19H,8,10-14H2,(H,22,26)(H,23,25)/t19-/m0/s1. The van der Waals surface area contributed by atoms with Gasteiger partial charge < -0.3 is 15.4 Å². The first-order valence-corrected chi connectivity index (χ1v) is 9.08. The molecular formula is C20H24N4O3. The predicted molar refractivity (Wildman–Crippen MR) is 102 cm³/mol. The van der Waals surface area contributed by atoms with Crippen molar-refractivity contribution in [3.63, 3.8) is 0 Å². The lowest BCUT2D eigenvalue weighted by Gasteiger charge is -2.33. The first-order chi connectivity index (χ1) is 13.2. The third-order valence-electron chi connectivity index (χ3n) is 4.37. The number of morpholine rings is 1. The minimum Gasteiger partial charge on any atom is -0.379 e. The van der Waals surface area contributed by atoms with E-state index in [2.05, 4.69) is 20.5 Å². The average Bonchev–Trinajstić information content (AvgIpc) is 2.70. The lowest BCUT2D eigenvalue weighted by Crippen LogP contribution is -2.46. The van der Waals surface area contributed by atoms with Gasteiger partial charge >= 0.3 is 0 Å². The summed E-state index contributed by atoms with van der Waals surface area (Å²) in [5.74, 6) is -0.261. The van der Waals surface area contributed by atoms with Gasteiger partial charge in [-0.15, -0.1) is 0 Å². The van der Waals surface area contributed by atoms with Crippen LogP contribution in [0.1, 0.15) is 18.0 Å². The molecule has 7 heteroatoms. The van der Waals surface area contributed by atoms with E-state index in [1.165, 1.54) is 0 Å². The van der Waals surface area contributed by atoms with Crippen LogP contribution in [0, 0.1) is 0 Å². The number of rotatable bonds is 7. The molecule has 142 valence electrons. The van der Waals surface area contributed by atoms with Crippen LogP contribution < -0.4 is 10.6 Å². The number of nitrogens with one attached hydrogen (secondary N) is 2. The van der Waals surface area contributed by atoms with Crippen LogP contribution in [0.4, 0.5) is 5.69 Å². The molecule has 0 saturated carbocycles. The van der Waals surface area contributed by atoms with Crippen molar-refractivity contribution in [3.8, 4) is 0 Å². The van der Waals surface area contributed by atoms with Crippen molar-refractivity contribution in [3.05, 3.63) is 60.4 Å². The third kappa shape index (κ3) is 5.60. The molecule has 2 amide bonds. The first kappa shape index (κ1) is 19.0. The quantitative estimate of drug-likeness (QED) is 0.776. The zero-order valence-corrected chi connectivity index (χ0v) is 15.1. The molecule has 1 aliphatic rings. The Labute approximate surface area is 158 Å². The van der Waals surface area contributed by atoms with Crippen LogP contribution in [0.15, 0.2) is 54.9 Å². The highest BCUT2D eigenvalue weighted by atomic mass is 16.5. The monoisotopic (exact) mass is 368 g/mol. The zero-order chi connectivity index (χ0) is 18.9. The molecule has 27 heavy (non-hydrogen) atoms. The van der Waals surface area contributed by atoms with E-state index in [1.807, 2.05) is 42.5 Å². The summed E-state index contributed by atoms with van der Waals surface area (Å²) in [7, 11) is 0. The van der Waals surface area contributed by atoms with Gasteiger partial charge in [-0.25, -0.2) is 0 Å². The molecule has 0 aliphatic carbocycles. The largest absolute Gasteiger partial charge is 0.379 e. The van der Waals surface area contributed by atoms with Gasteiger partial charge in [0.05, 0.1) is 13.2 Å². The SMILES string of the molecule is O=C(CCNC(=O)[C@H](c1cccnc1)N1CCOCC1)Nc1ccccc1. The van der Waals surface area contributed by atoms with E-state index < -0.39 is 6.04 Å². The summed E-state index contributed by atoms with van der Waals surface area (Å²) in [6.45, 7) is 2.84. The number of anilines is 1. The Hall–Kier alpha value is -2.77. The van der Waals surface area contributed by atoms with Gasteiger partial charge in [-0.3, -0.25) is 19.5 Å². The van der Waals surface area contributed by atoms with E-state index in [-0.39, 0.29) is 24.8 Å². The lowest BCUT2D eigenvalue weighted by atomic mass is 10.1. The number of nitrogens with zero attached hydrogens (tertiary/aromatic N) is 2. The fourth-order valence-electron chi connectivity index (χ4n) is 3.04. The van der Waals surface area contributed by atoms with Crippen molar-refractivity contribution in [1.29, 1.82) is 0 Å². The molecule has 0 radical (unpaired) electrons. The molecule has 1 aromatic carbocycles. The Morgan fingerprint density at radius 1 is 1.11 bits per heavy atom. The number of benzene rings is 1. The summed E-state index contributed by atoms with van der Waals surface area (Å²) in [5.41, 5.74) is 1.58. The molecular weight excluding hydrogens is 344 g/mol. The van der Waals surface area contributed by atoms with Gasteiger partial charge in [0.1, 0.15) is 6.04 Å². The minimum absolute atomic E-state index is 0.127. The van der Waals surface area contributed by atoms with Gasteiger partial charge in [-0.1, -0.05) is 24.3 Å². The van der Waals surface area contributed by atoms with Crippen LogP contribution in [0.5, 0.6) is 0 Å². The van der Waals surface area contributed by atoms with Crippen molar-refractivity contribution in [2.45, 2.75) is 12.5 Å². The average molecular weight is 368 g/mol. The Bertz CT molecular complexity index is 733. The summed E-state index contributed by atoms with van der Waals surface area (Å²) in [6.07, 6.45) is 3.61. The molecule has 7 nitrogen and oxygen atoms in total. The van der Waals surface area contributed by atoms with E-state index in [1.54, 1.807) is 12.4 Å². The summed E-state index contributed by atoms with van der Waals surface area (Å²) >= 11 is 0. The number of carbonyl (C=O) groups is 2. The summed E-state index contributed by atoms with van der Waals surface area (Å²) in [6, 6.07) is 12.6. The summed E-state index contributed by atoms with van der Waals surface area (Å²) in [4.78, 5) is 31.1. The fraction of sp³-hybridized carbons (Fsp3) is 0.350. The molecule has 1 aromatic heterocycles. The van der Waals surface area contributed by atoms with Crippen LogP contribution in [0.25, 0.3) is 0 Å². The number of ether oxygens (including phenoxy) is 1. The Kier molecular flexibility index (Phi) is 6.90. The number of hydrogen-bond donors (Lipinski definition) is 2. The Morgan fingerprint density at radius 3 is 2.59 bits per heavy atom. The highest BCUT2D eigenvalue weighted by Gasteiger charge is 2.29. The topological polar surface area (TPSA) is 83.6 Å². The molecule has 2 heterocycles. The van der Waals surface area contributed by atoms with Crippen LogP contribution in [-0.4, -0.2) is 54.5 Å². The van der Waals surface area contributed by atoms with Crippen LogP contribution in [-0.2, 0) is 14.3 Å². The van der Waals surface area contributed by atoms with Gasteiger partial charge in [0, 0.05) is 44.1 Å². The molecule has 2 aromatic rings. The normalized spacial score (nSPS) is 15.7. The predicted octanol–water partition coefficient (Wildman–Crippen LogP) is 1.60. The molecule has 1 atom stereocenters. The molecule has 0 spiro atoms. The second-order valence-corrected chi connectivity index (χ2v) is 6.29. The van der Waals surface area contributed by atoms with Crippen molar-refractivity contribution in [2.75, 3.05) is 38.2 Å². The maximum Gasteiger partial charge on any atom is 0.242 e. The summed E-state index contributed by atoms with van der Waals surface area (Å²) < 4.78 is 5.39. The zero-order valence-electron chi connectivity index (χ0n) is 15.1. The fourth-order valence-corrected chi connectivity index (χ4v) is 3.04. The van der Waals surface area contributed by atoms with Crippen LogP contribution in [0.3, 0.4) is 0 Å². The van der Waals surface area contributed by atoms with Crippen LogP contribution >= 0.6 is 0 Å². The Balaban J connectivity index is 1.55. The molecule has 1 aliphatic heterocycles. The van der Waals surface area contributed by atoms with Gasteiger partial charge in [0.25, 0.3) is 0 Å². The van der Waals surface area contributed by atoms with Crippen molar-refractivity contribution >= 4 is 17.5 Å². The molecule has 0 bridgehead atoms. The molecule has 2 N–H and O–H groups in total. The molecule has 1 saturated heterocycles. The van der Waals surface area contributed by atoms with Gasteiger partial charge in [0.2, 0.25) is 11.8 Å². The van der Waals surface area contributed by atoms with Crippen LogP contribution in [0.2, 0.25) is 0 Å². The highest BCUT2D eigenvalue weighted by Crippen LogP contribution is 2.21. The van der Waals surface area contributed by atoms with Gasteiger partial charge in [0.15, 0.2) is 0 Å². The van der Waals surface area contributed by atoms with E-state index in [4.69, 9.17) is 4.74 Å². The van der Waals surface area contributed by atoms with E-state index >= 15 is 0 Å². The minimum atomic E-state index is -0.431. The molecule has 0 unspecified atom stereocenters. The van der Waals surface area contributed by atoms with E-state index in [9.17, 15) is 9.59 Å². The molecule has 3 rings (SSSR count). The lowest BCUT2D eigenvalue weighted by molar-refractivity contribution is -0.128. The third-order valence-corrected chi connectivity index (χ3v) is 4.37. The number of carbonyl (C=O) groups excluding carboxylic acids is 2. The second kappa shape index (κ2) is 9.80. The van der Waals surface area contributed by atoms with Crippen molar-refractivity contribution in [2.24, 2.45) is 0 Å². The molecule has 1 fully saturated rings. The Morgan fingerprint density at radius 2 is 1.89 bits per heavy atom. The van der Waals surface area contributed by atoms with E-state index in [0.717, 1.165) is 11.3 Å². The van der Waals surface area contributed by atoms with Crippen molar-refractivity contribution in [1.82, 2.24) is 15.2 Å². The first-order valence-electron chi connectivity index (χ1n) is 9.08. The second-order valence-electron chi connectivity index (χ2n) is 6.29. The summed E-state index contributed by atoms with van der Waals surface area (Å²) in [5, 5.41) is 5.70. The number of hydrogen-bond acceptors (Lipinski definition) is 5.